The predicted octanol–water partition coefficient (Wildman–Crippen LogP) is 2.38. The van der Waals surface area contributed by atoms with Crippen molar-refractivity contribution in [1.29, 1.82) is 0 Å². The van der Waals surface area contributed by atoms with Gasteiger partial charge >= 0.3 is 5.97 Å². The van der Waals surface area contributed by atoms with E-state index in [2.05, 4.69) is 5.32 Å². The van der Waals surface area contributed by atoms with Crippen LogP contribution in [0.5, 0.6) is 0 Å². The van der Waals surface area contributed by atoms with Crippen molar-refractivity contribution in [3.05, 3.63) is 10.1 Å². The first-order valence-electron chi connectivity index (χ1n) is 9.59. The molecule has 0 heterocycles. The molecule has 8 heteroatoms. The fourth-order valence-corrected chi connectivity index (χ4v) is 4.40. The summed E-state index contributed by atoms with van der Waals surface area (Å²) in [7, 11) is 1.48. The average Bonchev–Trinajstić information content (AvgIpc) is 2.61. The molecule has 0 radical (unpaired) electrons. The number of amides is 1. The number of carbonyl (C=O) groups excluding carboxylic acids is 1. The largest absolute Gasteiger partial charge is 0.481 e. The summed E-state index contributed by atoms with van der Waals surface area (Å²) in [5.74, 6) is -0.728. The number of methoxy groups -OCH3 is 1. The SMILES string of the molecule is COC1CCC(C(=O)NC2CCCC(CCCC(=O)O)C2)CC1[N+](=O)[O-]. The molecule has 0 aromatic rings. The van der Waals surface area contributed by atoms with Gasteiger partial charge in [0.1, 0.15) is 6.10 Å². The monoisotopic (exact) mass is 370 g/mol. The molecule has 5 atom stereocenters. The second-order valence-electron chi connectivity index (χ2n) is 7.66. The Balaban J connectivity index is 1.81. The number of hydrogen-bond donors (Lipinski definition) is 2. The molecule has 26 heavy (non-hydrogen) atoms. The summed E-state index contributed by atoms with van der Waals surface area (Å²) in [6.45, 7) is 0. The number of nitrogens with zero attached hydrogens (tertiary/aromatic N) is 1. The standard InChI is InChI=1S/C18H30N2O6/c1-26-16-9-8-13(11-15(16)20(24)25)18(23)19-14-6-2-4-12(10-14)5-3-7-17(21)22/h12-16H,2-11H2,1H3,(H,19,23)(H,21,22). The van der Waals surface area contributed by atoms with E-state index in [4.69, 9.17) is 9.84 Å². The van der Waals surface area contributed by atoms with Crippen molar-refractivity contribution in [2.45, 2.75) is 82.4 Å². The third-order valence-corrected chi connectivity index (χ3v) is 5.83. The molecule has 8 nitrogen and oxygen atoms in total. The molecule has 148 valence electrons. The smallest absolute Gasteiger partial charge is 0.303 e. The Hall–Kier alpha value is -1.70. The van der Waals surface area contributed by atoms with E-state index in [0.29, 0.717) is 25.2 Å². The number of hydrogen-bond acceptors (Lipinski definition) is 5. The van der Waals surface area contributed by atoms with Gasteiger partial charge in [0.25, 0.3) is 0 Å². The molecule has 0 bridgehead atoms. The normalized spacial score (nSPS) is 32.0. The van der Waals surface area contributed by atoms with Crippen LogP contribution in [0.15, 0.2) is 0 Å². The fraction of sp³-hybridized carbons (Fsp3) is 0.889. The van der Waals surface area contributed by atoms with Gasteiger partial charge in [-0.2, -0.15) is 0 Å². The van der Waals surface area contributed by atoms with Gasteiger partial charge in [0.15, 0.2) is 0 Å². The van der Waals surface area contributed by atoms with E-state index in [9.17, 15) is 19.7 Å². The van der Waals surface area contributed by atoms with Crippen LogP contribution in [-0.2, 0) is 14.3 Å². The number of aliphatic carboxylic acids is 1. The number of nitro groups is 1. The van der Waals surface area contributed by atoms with Crippen LogP contribution < -0.4 is 5.32 Å². The lowest BCUT2D eigenvalue weighted by atomic mass is 9.81. The van der Waals surface area contributed by atoms with Gasteiger partial charge in [-0.15, -0.1) is 0 Å². The summed E-state index contributed by atoms with van der Waals surface area (Å²) in [6.07, 6.45) is 6.60. The van der Waals surface area contributed by atoms with Crippen LogP contribution in [0, 0.1) is 22.0 Å². The zero-order chi connectivity index (χ0) is 19.1. The third kappa shape index (κ3) is 5.93. The Morgan fingerprint density at radius 2 is 2.00 bits per heavy atom. The quantitative estimate of drug-likeness (QED) is 0.500. The molecule has 0 aliphatic heterocycles. The molecule has 2 N–H and O–H groups in total. The molecular formula is C18H30N2O6. The lowest BCUT2D eigenvalue weighted by Gasteiger charge is -2.33. The second-order valence-corrected chi connectivity index (χ2v) is 7.66. The molecule has 1 amide bonds. The highest BCUT2D eigenvalue weighted by Crippen LogP contribution is 2.31. The fourth-order valence-electron chi connectivity index (χ4n) is 4.40. The van der Waals surface area contributed by atoms with Crippen molar-refractivity contribution in [2.24, 2.45) is 11.8 Å². The van der Waals surface area contributed by atoms with Crippen molar-refractivity contribution in [2.75, 3.05) is 7.11 Å². The summed E-state index contributed by atoms with van der Waals surface area (Å²) in [5, 5.41) is 23.1. The van der Waals surface area contributed by atoms with Gasteiger partial charge in [0.05, 0.1) is 0 Å². The van der Waals surface area contributed by atoms with Crippen molar-refractivity contribution >= 4 is 11.9 Å². The number of rotatable bonds is 8. The summed E-state index contributed by atoms with van der Waals surface area (Å²) in [5.41, 5.74) is 0. The Bertz CT molecular complexity index is 512. The van der Waals surface area contributed by atoms with Crippen LogP contribution in [-0.4, -0.2) is 47.2 Å². The molecule has 0 saturated heterocycles. The lowest BCUT2D eigenvalue weighted by molar-refractivity contribution is -0.539. The summed E-state index contributed by atoms with van der Waals surface area (Å²) >= 11 is 0. The first-order chi connectivity index (χ1) is 12.4. The first kappa shape index (κ1) is 20.6. The van der Waals surface area contributed by atoms with Crippen molar-refractivity contribution in [3.63, 3.8) is 0 Å². The zero-order valence-corrected chi connectivity index (χ0v) is 15.4. The summed E-state index contributed by atoms with van der Waals surface area (Å²) in [6, 6.07) is -0.722. The summed E-state index contributed by atoms with van der Waals surface area (Å²) < 4.78 is 5.20. The highest BCUT2D eigenvalue weighted by Gasteiger charge is 2.41. The van der Waals surface area contributed by atoms with Crippen LogP contribution in [0.2, 0.25) is 0 Å². The first-order valence-corrected chi connectivity index (χ1v) is 9.59. The number of nitrogens with one attached hydrogen (secondary N) is 1. The predicted molar refractivity (Wildman–Crippen MR) is 94.3 cm³/mol. The molecule has 2 fully saturated rings. The van der Waals surface area contributed by atoms with Gasteiger partial charge < -0.3 is 15.2 Å². The topological polar surface area (TPSA) is 119 Å². The second kappa shape index (κ2) is 9.85. The Kier molecular flexibility index (Phi) is 7.81. The Morgan fingerprint density at radius 1 is 1.23 bits per heavy atom. The van der Waals surface area contributed by atoms with Crippen LogP contribution in [0.25, 0.3) is 0 Å². The van der Waals surface area contributed by atoms with Crippen molar-refractivity contribution in [1.82, 2.24) is 5.32 Å². The number of carboxylic acids is 1. The molecule has 2 aliphatic rings. The number of carboxylic acid groups (broad SMARTS) is 1. The highest BCUT2D eigenvalue weighted by molar-refractivity contribution is 5.79. The molecule has 0 aromatic carbocycles. The highest BCUT2D eigenvalue weighted by atomic mass is 16.6. The molecule has 2 saturated carbocycles. The van der Waals surface area contributed by atoms with Crippen LogP contribution in [0.4, 0.5) is 0 Å². The zero-order valence-electron chi connectivity index (χ0n) is 15.4. The maximum Gasteiger partial charge on any atom is 0.303 e. The molecule has 2 rings (SSSR count). The van der Waals surface area contributed by atoms with E-state index in [-0.39, 0.29) is 35.6 Å². The van der Waals surface area contributed by atoms with Gasteiger partial charge in [-0.3, -0.25) is 19.7 Å². The van der Waals surface area contributed by atoms with Gasteiger partial charge in [0.2, 0.25) is 11.9 Å². The molecule has 0 spiro atoms. The average molecular weight is 370 g/mol. The van der Waals surface area contributed by atoms with Gasteiger partial charge in [-0.05, 0) is 44.4 Å². The van der Waals surface area contributed by atoms with E-state index in [0.717, 1.165) is 32.1 Å². The minimum Gasteiger partial charge on any atom is -0.481 e. The Labute approximate surface area is 153 Å². The van der Waals surface area contributed by atoms with Gasteiger partial charge in [0, 0.05) is 36.8 Å². The lowest BCUT2D eigenvalue weighted by Crippen LogP contribution is -2.47. The van der Waals surface area contributed by atoms with E-state index < -0.39 is 18.1 Å². The van der Waals surface area contributed by atoms with E-state index in [1.807, 2.05) is 0 Å². The van der Waals surface area contributed by atoms with E-state index in [1.54, 1.807) is 0 Å². The molecule has 5 unspecified atom stereocenters. The number of ether oxygens (including phenoxy) is 1. The molecular weight excluding hydrogens is 340 g/mol. The minimum absolute atomic E-state index is 0.0809. The molecule has 0 aromatic heterocycles. The molecule has 2 aliphatic carbocycles. The van der Waals surface area contributed by atoms with Gasteiger partial charge in [-0.1, -0.05) is 12.8 Å². The number of carbonyl (C=O) groups is 2. The van der Waals surface area contributed by atoms with Crippen LogP contribution in [0.1, 0.15) is 64.2 Å². The third-order valence-electron chi connectivity index (χ3n) is 5.83. The van der Waals surface area contributed by atoms with E-state index >= 15 is 0 Å². The summed E-state index contributed by atoms with van der Waals surface area (Å²) in [4.78, 5) is 34.1. The maximum atomic E-state index is 12.6. The van der Waals surface area contributed by atoms with Crippen molar-refractivity contribution < 1.29 is 24.4 Å². The maximum absolute atomic E-state index is 12.6. The van der Waals surface area contributed by atoms with Crippen LogP contribution >= 0.6 is 0 Å². The Morgan fingerprint density at radius 3 is 2.65 bits per heavy atom. The minimum atomic E-state index is -0.820. The van der Waals surface area contributed by atoms with Gasteiger partial charge in [-0.25, -0.2) is 0 Å². The van der Waals surface area contributed by atoms with Crippen molar-refractivity contribution in [3.8, 4) is 0 Å². The van der Waals surface area contributed by atoms with Crippen LogP contribution in [0.3, 0.4) is 0 Å². The van der Waals surface area contributed by atoms with E-state index in [1.165, 1.54) is 7.11 Å².